The third kappa shape index (κ3) is 1.81. The van der Waals surface area contributed by atoms with Crippen molar-refractivity contribution in [2.24, 2.45) is 11.7 Å². The lowest BCUT2D eigenvalue weighted by Gasteiger charge is -2.41. The van der Waals surface area contributed by atoms with Gasteiger partial charge < -0.3 is 10.2 Å². The molecule has 1 aromatic heterocycles. The van der Waals surface area contributed by atoms with Crippen molar-refractivity contribution in [3.63, 3.8) is 0 Å². The maximum atomic E-state index is 6.03. The Hall–Kier alpha value is -0.800. The lowest BCUT2D eigenvalue weighted by Crippen LogP contribution is -2.45. The highest BCUT2D eigenvalue weighted by Crippen LogP contribution is 2.45. The second-order valence-electron chi connectivity index (χ2n) is 4.91. The van der Waals surface area contributed by atoms with Crippen LogP contribution in [0.25, 0.3) is 11.0 Å². The zero-order valence-electron chi connectivity index (χ0n) is 9.82. The van der Waals surface area contributed by atoms with Crippen molar-refractivity contribution in [2.75, 3.05) is 0 Å². The second kappa shape index (κ2) is 4.14. The highest BCUT2D eigenvalue weighted by molar-refractivity contribution is 9.10. The summed E-state index contributed by atoms with van der Waals surface area (Å²) in [6.45, 7) is 2.20. The largest absolute Gasteiger partial charge is 0.461 e. The number of fused-ring (bicyclic) bond motifs is 1. The molecule has 1 saturated carbocycles. The van der Waals surface area contributed by atoms with Gasteiger partial charge in [0.15, 0.2) is 0 Å². The molecule has 1 aliphatic carbocycles. The maximum absolute atomic E-state index is 6.03. The molecule has 0 aliphatic heterocycles. The Kier molecular flexibility index (Phi) is 2.75. The van der Waals surface area contributed by atoms with Gasteiger partial charge in [0.1, 0.15) is 11.3 Å². The molecule has 3 unspecified atom stereocenters. The molecule has 0 radical (unpaired) electrons. The molecule has 0 spiro atoms. The Labute approximate surface area is 109 Å². The quantitative estimate of drug-likeness (QED) is 0.908. The van der Waals surface area contributed by atoms with Crippen molar-refractivity contribution >= 4 is 26.9 Å². The van der Waals surface area contributed by atoms with E-state index in [1.807, 2.05) is 12.1 Å². The van der Waals surface area contributed by atoms with Gasteiger partial charge in [-0.3, -0.25) is 0 Å². The molecule has 1 aromatic carbocycles. The van der Waals surface area contributed by atoms with Gasteiger partial charge in [0.05, 0.1) is 0 Å². The minimum Gasteiger partial charge on any atom is -0.461 e. The monoisotopic (exact) mass is 293 g/mol. The van der Waals surface area contributed by atoms with E-state index in [4.69, 9.17) is 10.2 Å². The molecule has 1 heterocycles. The molecular formula is C14H16BrNO. The van der Waals surface area contributed by atoms with Crippen molar-refractivity contribution in [2.45, 2.75) is 31.7 Å². The van der Waals surface area contributed by atoms with Gasteiger partial charge in [0, 0.05) is 21.8 Å². The average Bonchev–Trinajstić information content (AvgIpc) is 2.68. The van der Waals surface area contributed by atoms with Gasteiger partial charge in [0.25, 0.3) is 0 Å². The summed E-state index contributed by atoms with van der Waals surface area (Å²) in [5, 5.41) is 1.17. The molecule has 0 amide bonds. The van der Waals surface area contributed by atoms with Gasteiger partial charge in [-0.2, -0.15) is 0 Å². The molecule has 2 N–H and O–H groups in total. The van der Waals surface area contributed by atoms with E-state index in [1.54, 1.807) is 0 Å². The second-order valence-corrected chi connectivity index (χ2v) is 5.82. The minimum absolute atomic E-state index is 0.352. The summed E-state index contributed by atoms with van der Waals surface area (Å²) in [7, 11) is 0. The van der Waals surface area contributed by atoms with E-state index in [-0.39, 0.29) is 0 Å². The van der Waals surface area contributed by atoms with Crippen LogP contribution in [0, 0.1) is 5.92 Å². The molecule has 3 atom stereocenters. The van der Waals surface area contributed by atoms with E-state index >= 15 is 0 Å². The van der Waals surface area contributed by atoms with E-state index in [1.165, 1.54) is 5.39 Å². The SMILES string of the molecule is CCC1C(N)CC1c1cc2cc(Br)ccc2o1. The number of hydrogen-bond donors (Lipinski definition) is 1. The number of halogens is 1. The predicted molar refractivity (Wildman–Crippen MR) is 73.0 cm³/mol. The van der Waals surface area contributed by atoms with Crippen molar-refractivity contribution in [3.8, 4) is 0 Å². The van der Waals surface area contributed by atoms with Gasteiger partial charge in [-0.1, -0.05) is 29.3 Å². The number of rotatable bonds is 2. The van der Waals surface area contributed by atoms with Crippen LogP contribution < -0.4 is 5.73 Å². The number of benzene rings is 1. The molecule has 3 rings (SSSR count). The maximum Gasteiger partial charge on any atom is 0.134 e. The van der Waals surface area contributed by atoms with Crippen molar-refractivity contribution in [1.82, 2.24) is 0 Å². The van der Waals surface area contributed by atoms with Crippen LogP contribution in [0.4, 0.5) is 0 Å². The molecule has 3 heteroatoms. The third-order valence-corrected chi connectivity index (χ3v) is 4.42. The van der Waals surface area contributed by atoms with Gasteiger partial charge in [-0.15, -0.1) is 0 Å². The Morgan fingerprint density at radius 2 is 2.24 bits per heavy atom. The Balaban J connectivity index is 1.96. The van der Waals surface area contributed by atoms with Gasteiger partial charge >= 0.3 is 0 Å². The molecule has 0 saturated heterocycles. The highest BCUT2D eigenvalue weighted by Gasteiger charge is 2.40. The fourth-order valence-corrected chi connectivity index (χ4v) is 3.26. The normalized spacial score (nSPS) is 28.3. The van der Waals surface area contributed by atoms with E-state index in [2.05, 4.69) is 35.0 Å². The van der Waals surface area contributed by atoms with Crippen molar-refractivity contribution in [3.05, 3.63) is 34.5 Å². The summed E-state index contributed by atoms with van der Waals surface area (Å²) in [4.78, 5) is 0. The van der Waals surface area contributed by atoms with Crippen LogP contribution >= 0.6 is 15.9 Å². The van der Waals surface area contributed by atoms with Crippen LogP contribution in [0.15, 0.2) is 33.2 Å². The first-order chi connectivity index (χ1) is 8.19. The Morgan fingerprint density at radius 3 is 2.94 bits per heavy atom. The van der Waals surface area contributed by atoms with Crippen LogP contribution in [-0.2, 0) is 0 Å². The summed E-state index contributed by atoms with van der Waals surface area (Å²) in [6, 6.07) is 8.65. The first-order valence-electron chi connectivity index (χ1n) is 6.13. The summed E-state index contributed by atoms with van der Waals surface area (Å²) in [5.41, 5.74) is 7.00. The summed E-state index contributed by atoms with van der Waals surface area (Å²) >= 11 is 3.48. The molecule has 17 heavy (non-hydrogen) atoms. The summed E-state index contributed by atoms with van der Waals surface area (Å²) in [5.74, 6) is 2.20. The number of hydrogen-bond acceptors (Lipinski definition) is 2. The van der Waals surface area contributed by atoms with E-state index in [0.29, 0.717) is 17.9 Å². The average molecular weight is 294 g/mol. The molecular weight excluding hydrogens is 278 g/mol. The van der Waals surface area contributed by atoms with Crippen LogP contribution in [0.2, 0.25) is 0 Å². The number of furan rings is 1. The standard InChI is InChI=1S/C14H16BrNO/c1-2-10-11(7-12(10)16)14-6-8-5-9(15)3-4-13(8)17-14/h3-6,10-12H,2,7,16H2,1H3. The fraction of sp³-hybridized carbons (Fsp3) is 0.429. The predicted octanol–water partition coefficient (Wildman–Crippen LogP) is 4.04. The highest BCUT2D eigenvalue weighted by atomic mass is 79.9. The van der Waals surface area contributed by atoms with E-state index in [0.717, 1.165) is 28.7 Å². The molecule has 1 aliphatic rings. The minimum atomic E-state index is 0.352. The Morgan fingerprint density at radius 1 is 1.41 bits per heavy atom. The fourth-order valence-electron chi connectivity index (χ4n) is 2.88. The number of nitrogens with two attached hydrogens (primary N) is 1. The van der Waals surface area contributed by atoms with Crippen LogP contribution in [-0.4, -0.2) is 6.04 Å². The molecule has 1 fully saturated rings. The topological polar surface area (TPSA) is 39.2 Å². The van der Waals surface area contributed by atoms with Crippen LogP contribution in [0.3, 0.4) is 0 Å². The third-order valence-electron chi connectivity index (χ3n) is 3.93. The van der Waals surface area contributed by atoms with Gasteiger partial charge in [-0.05, 0) is 36.6 Å². The zero-order chi connectivity index (χ0) is 12.0. The Bertz CT molecular complexity index is 548. The lowest BCUT2D eigenvalue weighted by atomic mass is 9.67. The van der Waals surface area contributed by atoms with Crippen LogP contribution in [0.5, 0.6) is 0 Å². The first kappa shape index (κ1) is 11.3. The molecule has 90 valence electrons. The zero-order valence-corrected chi connectivity index (χ0v) is 11.4. The molecule has 0 bridgehead atoms. The smallest absolute Gasteiger partial charge is 0.134 e. The van der Waals surface area contributed by atoms with E-state index in [9.17, 15) is 0 Å². The first-order valence-corrected chi connectivity index (χ1v) is 6.93. The molecule has 2 aromatic rings. The van der Waals surface area contributed by atoms with Crippen molar-refractivity contribution in [1.29, 1.82) is 0 Å². The van der Waals surface area contributed by atoms with Crippen LogP contribution in [0.1, 0.15) is 31.4 Å². The summed E-state index contributed by atoms with van der Waals surface area (Å²) < 4.78 is 7.02. The van der Waals surface area contributed by atoms with E-state index < -0.39 is 0 Å². The molecule has 2 nitrogen and oxygen atoms in total. The van der Waals surface area contributed by atoms with Crippen molar-refractivity contribution < 1.29 is 4.42 Å². The summed E-state index contributed by atoms with van der Waals surface area (Å²) in [6.07, 6.45) is 2.19. The van der Waals surface area contributed by atoms with Gasteiger partial charge in [0.2, 0.25) is 0 Å². The van der Waals surface area contributed by atoms with Gasteiger partial charge in [-0.25, -0.2) is 0 Å². The lowest BCUT2D eigenvalue weighted by molar-refractivity contribution is 0.176.